The molecule has 0 unspecified atom stereocenters. The van der Waals surface area contributed by atoms with Gasteiger partial charge in [0.1, 0.15) is 5.75 Å². The largest absolute Gasteiger partial charge is 0.461 e. The first-order chi connectivity index (χ1) is 8.81. The van der Waals surface area contributed by atoms with E-state index in [1.165, 1.54) is 12.1 Å². The van der Waals surface area contributed by atoms with Gasteiger partial charge in [-0.1, -0.05) is 12.1 Å². The molecule has 0 heterocycles. The number of nitrogens with two attached hydrogens (primary N) is 1. The van der Waals surface area contributed by atoms with Crippen molar-refractivity contribution in [2.24, 2.45) is 10.8 Å². The number of nitrogens with one attached hydrogen (secondary N) is 1. The van der Waals surface area contributed by atoms with Crippen molar-refractivity contribution in [3.8, 4) is 5.75 Å². The molecule has 0 spiro atoms. The molecular weight excluding hydrogens is 270 g/mol. The Labute approximate surface area is 105 Å². The Kier molecular flexibility index (Phi) is 4.67. The number of hydrogen-bond acceptors (Lipinski definition) is 3. The fraction of sp³-hybridized carbons (Fsp3) is 0.200. The highest BCUT2D eigenvalue weighted by Crippen LogP contribution is 2.27. The molecule has 19 heavy (non-hydrogen) atoms. The number of carbonyl (C=O) groups is 1. The molecule has 1 rings (SSSR count). The molecule has 0 aliphatic carbocycles. The van der Waals surface area contributed by atoms with Crippen LogP contribution in [0.25, 0.3) is 0 Å². The number of primary amides is 1. The quantitative estimate of drug-likeness (QED) is 0.491. The number of nitrogens with zero attached hydrogens (tertiary/aromatic N) is 1. The van der Waals surface area contributed by atoms with Gasteiger partial charge in [0.05, 0.1) is 6.21 Å². The fourth-order valence-corrected chi connectivity index (χ4v) is 1.03. The Bertz CT molecular complexity index is 480. The maximum Gasteiger partial charge on any atom is 0.461 e. The number of carbonyl (C=O) groups excluding carboxylic acids is 1. The summed E-state index contributed by atoms with van der Waals surface area (Å²) in [6.07, 6.45) is -7.44. The lowest BCUT2D eigenvalue weighted by molar-refractivity contribution is -0.253. The van der Waals surface area contributed by atoms with Gasteiger partial charge in [0, 0.05) is 0 Å². The van der Waals surface area contributed by atoms with Crippen LogP contribution in [0.2, 0.25) is 0 Å². The summed E-state index contributed by atoms with van der Waals surface area (Å²) < 4.78 is 53.0. The zero-order chi connectivity index (χ0) is 14.5. The van der Waals surface area contributed by atoms with E-state index in [-0.39, 0.29) is 5.56 Å². The summed E-state index contributed by atoms with van der Waals surface area (Å²) >= 11 is 0. The highest BCUT2D eigenvalue weighted by Gasteiger charge is 2.43. The third-order valence-corrected chi connectivity index (χ3v) is 1.75. The van der Waals surface area contributed by atoms with Gasteiger partial charge in [-0.05, 0) is 17.7 Å². The van der Waals surface area contributed by atoms with Crippen molar-refractivity contribution in [2.45, 2.75) is 12.5 Å². The molecule has 9 heteroatoms. The van der Waals surface area contributed by atoms with Crippen molar-refractivity contribution in [2.75, 3.05) is 0 Å². The molecule has 0 fully saturated rings. The van der Waals surface area contributed by atoms with Crippen LogP contribution in [0.1, 0.15) is 5.56 Å². The molecule has 3 N–H and O–H groups in total. The van der Waals surface area contributed by atoms with Crippen LogP contribution in [-0.2, 0) is 0 Å². The normalized spacial score (nSPS) is 11.8. The van der Waals surface area contributed by atoms with Gasteiger partial charge < -0.3 is 10.5 Å². The average Bonchev–Trinajstić information content (AvgIpc) is 2.28. The van der Waals surface area contributed by atoms with Crippen molar-refractivity contribution >= 4 is 12.2 Å². The van der Waals surface area contributed by atoms with E-state index >= 15 is 0 Å². The number of hydrazone groups is 1. The number of benzene rings is 1. The van der Waals surface area contributed by atoms with E-state index in [0.717, 1.165) is 18.3 Å². The van der Waals surface area contributed by atoms with E-state index in [2.05, 4.69) is 9.84 Å². The van der Waals surface area contributed by atoms with Gasteiger partial charge in [0.2, 0.25) is 0 Å². The topological polar surface area (TPSA) is 76.7 Å². The number of urea groups is 1. The van der Waals surface area contributed by atoms with Crippen molar-refractivity contribution in [3.63, 3.8) is 0 Å². The highest BCUT2D eigenvalue weighted by molar-refractivity contribution is 5.81. The van der Waals surface area contributed by atoms with Crippen LogP contribution in [0.5, 0.6) is 5.75 Å². The molecule has 1 aromatic rings. The van der Waals surface area contributed by atoms with E-state index in [9.17, 15) is 22.4 Å². The molecule has 104 valence electrons. The van der Waals surface area contributed by atoms with Crippen LogP contribution in [0.4, 0.5) is 22.4 Å². The second-order valence-corrected chi connectivity index (χ2v) is 3.27. The molecule has 0 saturated heterocycles. The van der Waals surface area contributed by atoms with Crippen LogP contribution < -0.4 is 15.9 Å². The maximum absolute atomic E-state index is 12.6. The molecule has 1 aromatic carbocycles. The summed E-state index contributed by atoms with van der Waals surface area (Å²) in [4.78, 5) is 10.3. The van der Waals surface area contributed by atoms with Gasteiger partial charge >= 0.3 is 18.6 Å². The predicted molar refractivity (Wildman–Crippen MR) is 58.3 cm³/mol. The summed E-state index contributed by atoms with van der Waals surface area (Å²) in [7, 11) is 0. The van der Waals surface area contributed by atoms with E-state index in [1.807, 2.05) is 5.43 Å². The second kappa shape index (κ2) is 6.03. The monoisotopic (exact) mass is 279 g/mol. The minimum Gasteiger partial charge on any atom is -0.428 e. The molecule has 0 aliphatic heterocycles. The summed E-state index contributed by atoms with van der Waals surface area (Å²) in [5.74, 6) is -0.465. The molecule has 0 saturated carbocycles. The van der Waals surface area contributed by atoms with Crippen LogP contribution in [-0.4, -0.2) is 24.8 Å². The molecule has 0 atom stereocenters. The summed E-state index contributed by atoms with van der Waals surface area (Å²) in [6.45, 7) is 0. The first kappa shape index (κ1) is 14.7. The van der Waals surface area contributed by atoms with Crippen molar-refractivity contribution in [1.29, 1.82) is 0 Å². The Morgan fingerprint density at radius 1 is 1.47 bits per heavy atom. The lowest BCUT2D eigenvalue weighted by Crippen LogP contribution is -2.33. The minimum absolute atomic E-state index is 0.247. The Morgan fingerprint density at radius 2 is 2.16 bits per heavy atom. The third kappa shape index (κ3) is 4.82. The summed E-state index contributed by atoms with van der Waals surface area (Å²) in [5.41, 5.74) is 6.86. The summed E-state index contributed by atoms with van der Waals surface area (Å²) in [5, 5.41) is 3.37. The van der Waals surface area contributed by atoms with Crippen LogP contribution in [0.3, 0.4) is 0 Å². The zero-order valence-corrected chi connectivity index (χ0v) is 9.32. The number of amides is 2. The molecule has 0 bridgehead atoms. The molecule has 2 amide bonds. The van der Waals surface area contributed by atoms with Crippen molar-refractivity contribution < 1.29 is 27.1 Å². The SMILES string of the molecule is NC(=O)NN=Cc1cccc(OC(F)(F)C(F)F)c1. The molecule has 0 radical (unpaired) electrons. The lowest BCUT2D eigenvalue weighted by atomic mass is 10.2. The van der Waals surface area contributed by atoms with Gasteiger partial charge in [-0.15, -0.1) is 0 Å². The summed E-state index contributed by atoms with van der Waals surface area (Å²) in [6, 6.07) is 3.94. The molecule has 0 aliphatic rings. The van der Waals surface area contributed by atoms with Gasteiger partial charge in [-0.2, -0.15) is 22.7 Å². The number of alkyl halides is 4. The lowest BCUT2D eigenvalue weighted by Gasteiger charge is -2.16. The molecular formula is C10H9F4N3O2. The maximum atomic E-state index is 12.6. The number of halogens is 4. The van der Waals surface area contributed by atoms with E-state index in [4.69, 9.17) is 5.73 Å². The number of ether oxygens (including phenoxy) is 1. The molecule has 0 aromatic heterocycles. The van der Waals surface area contributed by atoms with Gasteiger partial charge in [0.25, 0.3) is 0 Å². The Balaban J connectivity index is 2.77. The highest BCUT2D eigenvalue weighted by atomic mass is 19.3. The van der Waals surface area contributed by atoms with Gasteiger partial charge in [-0.25, -0.2) is 10.2 Å². The van der Waals surface area contributed by atoms with E-state index < -0.39 is 24.3 Å². The number of hydrogen-bond donors (Lipinski definition) is 2. The fourth-order valence-electron chi connectivity index (χ4n) is 1.03. The van der Waals surface area contributed by atoms with E-state index in [0.29, 0.717) is 0 Å². The van der Waals surface area contributed by atoms with E-state index in [1.54, 1.807) is 0 Å². The predicted octanol–water partition coefficient (Wildman–Crippen LogP) is 1.93. The number of rotatable bonds is 5. The Hall–Kier alpha value is -2.32. The first-order valence-corrected chi connectivity index (χ1v) is 4.85. The first-order valence-electron chi connectivity index (χ1n) is 4.85. The smallest absolute Gasteiger partial charge is 0.428 e. The molecule has 5 nitrogen and oxygen atoms in total. The average molecular weight is 279 g/mol. The second-order valence-electron chi connectivity index (χ2n) is 3.27. The third-order valence-electron chi connectivity index (χ3n) is 1.75. The zero-order valence-electron chi connectivity index (χ0n) is 9.32. The van der Waals surface area contributed by atoms with Gasteiger partial charge in [0.15, 0.2) is 0 Å². The van der Waals surface area contributed by atoms with Gasteiger partial charge in [-0.3, -0.25) is 0 Å². The minimum atomic E-state index is -4.58. The standard InChI is InChI=1S/C10H9F4N3O2/c11-8(12)10(13,14)19-7-3-1-2-6(4-7)5-16-17-9(15)18/h1-5,8H,(H3,15,17,18). The Morgan fingerprint density at radius 3 is 2.74 bits per heavy atom. The van der Waals surface area contributed by atoms with Crippen molar-refractivity contribution in [3.05, 3.63) is 29.8 Å². The van der Waals surface area contributed by atoms with Crippen LogP contribution in [0.15, 0.2) is 29.4 Å². The van der Waals surface area contributed by atoms with Crippen LogP contribution in [0, 0.1) is 0 Å². The van der Waals surface area contributed by atoms with Crippen molar-refractivity contribution in [1.82, 2.24) is 5.43 Å². The van der Waals surface area contributed by atoms with Crippen LogP contribution >= 0.6 is 0 Å².